The van der Waals surface area contributed by atoms with E-state index in [0.29, 0.717) is 12.1 Å². The van der Waals surface area contributed by atoms with Gasteiger partial charge in [-0.15, -0.1) is 0 Å². The number of aliphatic imine (C=N–C) groups is 1. The second kappa shape index (κ2) is 8.35. The second-order valence-corrected chi connectivity index (χ2v) is 6.58. The molecule has 2 atom stereocenters. The van der Waals surface area contributed by atoms with Crippen LogP contribution in [0, 0.1) is 0 Å². The van der Waals surface area contributed by atoms with Crippen molar-refractivity contribution in [1.29, 1.82) is 0 Å². The Labute approximate surface area is 127 Å². The summed E-state index contributed by atoms with van der Waals surface area (Å²) in [5.74, 6) is 1.06. The van der Waals surface area contributed by atoms with Crippen LogP contribution in [0.4, 0.5) is 0 Å². The van der Waals surface area contributed by atoms with Crippen LogP contribution in [0.15, 0.2) is 35.3 Å². The van der Waals surface area contributed by atoms with Gasteiger partial charge in [-0.2, -0.15) is 0 Å². The van der Waals surface area contributed by atoms with Crippen LogP contribution in [0.3, 0.4) is 0 Å². The summed E-state index contributed by atoms with van der Waals surface area (Å²) in [7, 11) is 0. The number of rotatable bonds is 7. The molecule has 0 saturated heterocycles. The lowest BCUT2D eigenvalue weighted by molar-refractivity contribution is 0.545. The molecule has 1 aromatic rings. The van der Waals surface area contributed by atoms with Gasteiger partial charge < -0.3 is 5.32 Å². The second-order valence-electron chi connectivity index (χ2n) is 5.57. The Balaban J connectivity index is 1.76. The maximum atomic E-state index is 4.81. The first-order valence-corrected chi connectivity index (χ1v) is 8.80. The molecule has 3 heteroatoms. The SMILES string of the molecule is CCCCCCC(C)NC1=NC(c2ccccc2)CS1. The molecule has 1 heterocycles. The Morgan fingerprint density at radius 3 is 2.80 bits per heavy atom. The third kappa shape index (κ3) is 4.86. The molecule has 2 rings (SSSR count). The van der Waals surface area contributed by atoms with Crippen molar-refractivity contribution in [2.75, 3.05) is 5.75 Å². The van der Waals surface area contributed by atoms with Crippen molar-refractivity contribution < 1.29 is 0 Å². The van der Waals surface area contributed by atoms with E-state index in [1.165, 1.54) is 37.7 Å². The average Bonchev–Trinajstić information content (AvgIpc) is 2.93. The van der Waals surface area contributed by atoms with E-state index >= 15 is 0 Å². The molecule has 0 amide bonds. The Morgan fingerprint density at radius 2 is 2.05 bits per heavy atom. The Bertz CT molecular complexity index is 416. The zero-order valence-corrected chi connectivity index (χ0v) is 13.5. The fraction of sp³-hybridized carbons (Fsp3) is 0.588. The van der Waals surface area contributed by atoms with Gasteiger partial charge in [0.2, 0.25) is 0 Å². The monoisotopic (exact) mass is 290 g/mol. The highest BCUT2D eigenvalue weighted by Crippen LogP contribution is 2.29. The topological polar surface area (TPSA) is 24.4 Å². The third-order valence-electron chi connectivity index (χ3n) is 3.70. The van der Waals surface area contributed by atoms with Gasteiger partial charge in [0.05, 0.1) is 6.04 Å². The molecule has 0 saturated carbocycles. The van der Waals surface area contributed by atoms with Gasteiger partial charge in [0, 0.05) is 11.8 Å². The predicted octanol–water partition coefficient (Wildman–Crippen LogP) is 4.78. The molecule has 0 aliphatic carbocycles. The maximum Gasteiger partial charge on any atom is 0.157 e. The molecule has 0 spiro atoms. The van der Waals surface area contributed by atoms with Crippen molar-refractivity contribution in [1.82, 2.24) is 5.32 Å². The molecule has 1 aliphatic heterocycles. The molecule has 0 radical (unpaired) electrons. The molecule has 1 aliphatic rings. The fourth-order valence-electron chi connectivity index (χ4n) is 2.46. The molecular formula is C17H26N2S. The van der Waals surface area contributed by atoms with Crippen LogP contribution in [-0.2, 0) is 0 Å². The molecule has 2 nitrogen and oxygen atoms in total. The van der Waals surface area contributed by atoms with Crippen molar-refractivity contribution >= 4 is 16.9 Å². The van der Waals surface area contributed by atoms with Crippen LogP contribution in [0.25, 0.3) is 0 Å². The van der Waals surface area contributed by atoms with E-state index in [1.54, 1.807) is 0 Å². The van der Waals surface area contributed by atoms with Gasteiger partial charge in [0.25, 0.3) is 0 Å². The molecule has 0 aromatic heterocycles. The summed E-state index contributed by atoms with van der Waals surface area (Å²) in [6.07, 6.45) is 6.59. The largest absolute Gasteiger partial charge is 0.362 e. The van der Waals surface area contributed by atoms with Crippen molar-refractivity contribution in [3.8, 4) is 0 Å². The first-order valence-electron chi connectivity index (χ1n) is 7.81. The number of hydrogen-bond donors (Lipinski definition) is 1. The molecule has 20 heavy (non-hydrogen) atoms. The number of benzene rings is 1. The molecule has 0 bridgehead atoms. The summed E-state index contributed by atoms with van der Waals surface area (Å²) < 4.78 is 0. The smallest absolute Gasteiger partial charge is 0.157 e. The summed E-state index contributed by atoms with van der Waals surface area (Å²) in [5, 5.41) is 4.70. The summed E-state index contributed by atoms with van der Waals surface area (Å²) >= 11 is 1.86. The molecule has 2 unspecified atom stereocenters. The molecular weight excluding hydrogens is 264 g/mol. The Kier molecular flexibility index (Phi) is 6.44. The molecule has 1 N–H and O–H groups in total. The molecule has 1 aromatic carbocycles. The van der Waals surface area contributed by atoms with Gasteiger partial charge in [-0.1, -0.05) is 74.7 Å². The summed E-state index contributed by atoms with van der Waals surface area (Å²) in [4.78, 5) is 4.81. The van der Waals surface area contributed by atoms with E-state index in [1.807, 2.05) is 11.8 Å². The molecule has 110 valence electrons. The van der Waals surface area contributed by atoms with Gasteiger partial charge in [-0.05, 0) is 18.9 Å². The highest BCUT2D eigenvalue weighted by molar-refractivity contribution is 8.14. The quantitative estimate of drug-likeness (QED) is 0.731. The third-order valence-corrected chi connectivity index (χ3v) is 4.68. The van der Waals surface area contributed by atoms with E-state index in [2.05, 4.69) is 49.5 Å². The summed E-state index contributed by atoms with van der Waals surface area (Å²) in [5.41, 5.74) is 1.33. The number of thioether (sulfide) groups is 1. The minimum Gasteiger partial charge on any atom is -0.362 e. The van der Waals surface area contributed by atoms with Gasteiger partial charge in [0.1, 0.15) is 0 Å². The summed E-state index contributed by atoms with van der Waals surface area (Å²) in [6.45, 7) is 4.53. The van der Waals surface area contributed by atoms with Gasteiger partial charge in [-0.25, -0.2) is 0 Å². The minimum atomic E-state index is 0.330. The van der Waals surface area contributed by atoms with Crippen LogP contribution in [0.2, 0.25) is 0 Å². The number of unbranched alkanes of at least 4 members (excludes halogenated alkanes) is 3. The predicted molar refractivity (Wildman–Crippen MR) is 90.4 cm³/mol. The number of hydrogen-bond acceptors (Lipinski definition) is 3. The minimum absolute atomic E-state index is 0.330. The Hall–Kier alpha value is -0.960. The highest BCUT2D eigenvalue weighted by atomic mass is 32.2. The lowest BCUT2D eigenvalue weighted by Gasteiger charge is -2.14. The maximum absolute atomic E-state index is 4.81. The van der Waals surface area contributed by atoms with Gasteiger partial charge in [-0.3, -0.25) is 4.99 Å². The van der Waals surface area contributed by atoms with Crippen molar-refractivity contribution in [2.24, 2.45) is 4.99 Å². The number of amidine groups is 1. The number of nitrogens with zero attached hydrogens (tertiary/aromatic N) is 1. The Morgan fingerprint density at radius 1 is 1.25 bits per heavy atom. The van der Waals surface area contributed by atoms with E-state index in [0.717, 1.165) is 10.9 Å². The van der Waals surface area contributed by atoms with Crippen LogP contribution in [-0.4, -0.2) is 17.0 Å². The van der Waals surface area contributed by atoms with Crippen molar-refractivity contribution in [3.63, 3.8) is 0 Å². The van der Waals surface area contributed by atoms with Crippen molar-refractivity contribution in [3.05, 3.63) is 35.9 Å². The lowest BCUT2D eigenvalue weighted by Crippen LogP contribution is -2.29. The lowest BCUT2D eigenvalue weighted by atomic mass is 10.1. The zero-order valence-electron chi connectivity index (χ0n) is 12.6. The zero-order chi connectivity index (χ0) is 14.2. The number of nitrogens with one attached hydrogen (secondary N) is 1. The van der Waals surface area contributed by atoms with Crippen LogP contribution in [0.5, 0.6) is 0 Å². The molecule has 0 fully saturated rings. The first kappa shape index (κ1) is 15.4. The van der Waals surface area contributed by atoms with Crippen LogP contribution < -0.4 is 5.32 Å². The van der Waals surface area contributed by atoms with Crippen LogP contribution in [0.1, 0.15) is 57.6 Å². The van der Waals surface area contributed by atoms with Gasteiger partial charge >= 0.3 is 0 Å². The summed E-state index contributed by atoms with van der Waals surface area (Å²) in [6, 6.07) is 11.5. The van der Waals surface area contributed by atoms with E-state index in [4.69, 9.17) is 4.99 Å². The van der Waals surface area contributed by atoms with Crippen LogP contribution >= 0.6 is 11.8 Å². The van der Waals surface area contributed by atoms with Gasteiger partial charge in [0.15, 0.2) is 5.17 Å². The van der Waals surface area contributed by atoms with Crippen molar-refractivity contribution in [2.45, 2.75) is 58.0 Å². The highest BCUT2D eigenvalue weighted by Gasteiger charge is 2.20. The fourth-order valence-corrected chi connectivity index (χ4v) is 3.53. The van der Waals surface area contributed by atoms with E-state index < -0.39 is 0 Å². The van der Waals surface area contributed by atoms with E-state index in [9.17, 15) is 0 Å². The average molecular weight is 290 g/mol. The normalized spacial score (nSPS) is 19.7. The standard InChI is InChI=1S/C17H26N2S/c1-3-4-5-7-10-14(2)18-17-19-16(13-20-17)15-11-8-6-9-12-15/h6,8-9,11-12,14,16H,3-5,7,10,13H2,1-2H3,(H,18,19). The van der Waals surface area contributed by atoms with E-state index in [-0.39, 0.29) is 0 Å². The first-order chi connectivity index (χ1) is 9.79.